The van der Waals surface area contributed by atoms with E-state index in [1.54, 1.807) is 0 Å². The molecule has 0 spiro atoms. The summed E-state index contributed by atoms with van der Waals surface area (Å²) in [6.45, 7) is 5.63. The summed E-state index contributed by atoms with van der Waals surface area (Å²) >= 11 is 0. The molecule has 1 saturated heterocycles. The molecule has 5 nitrogen and oxygen atoms in total. The highest BCUT2D eigenvalue weighted by Gasteiger charge is 2.27. The Bertz CT molecular complexity index is 1260. The van der Waals surface area contributed by atoms with Crippen molar-refractivity contribution in [2.24, 2.45) is 0 Å². The van der Waals surface area contributed by atoms with E-state index < -0.39 is 0 Å². The fourth-order valence-corrected chi connectivity index (χ4v) is 5.93. The molecule has 0 N–H and O–H groups in total. The number of rotatable bonds is 7. The molecule has 0 amide bonds. The van der Waals surface area contributed by atoms with E-state index in [0.29, 0.717) is 6.04 Å². The Morgan fingerprint density at radius 2 is 1.85 bits per heavy atom. The van der Waals surface area contributed by atoms with Crippen molar-refractivity contribution in [1.82, 2.24) is 19.8 Å². The van der Waals surface area contributed by atoms with Gasteiger partial charge in [0.25, 0.3) is 0 Å². The van der Waals surface area contributed by atoms with Gasteiger partial charge in [0.15, 0.2) is 5.58 Å². The maximum absolute atomic E-state index is 6.02. The molecule has 34 heavy (non-hydrogen) atoms. The third-order valence-electron chi connectivity index (χ3n) is 7.66. The first-order chi connectivity index (χ1) is 16.8. The van der Waals surface area contributed by atoms with Crippen LogP contribution in [0.15, 0.2) is 59.3 Å². The zero-order valence-corrected chi connectivity index (χ0v) is 20.0. The van der Waals surface area contributed by atoms with Crippen LogP contribution in [0.2, 0.25) is 0 Å². The molecule has 3 aromatic heterocycles. The number of hydrogen-bond acceptors (Lipinski definition) is 5. The minimum Gasteiger partial charge on any atom is -0.454 e. The number of piperidine rings is 1. The summed E-state index contributed by atoms with van der Waals surface area (Å²) < 4.78 is 6.02. The van der Waals surface area contributed by atoms with Crippen molar-refractivity contribution in [3.63, 3.8) is 0 Å². The fraction of sp³-hybridized carbons (Fsp3) is 0.448. The van der Waals surface area contributed by atoms with Crippen LogP contribution < -0.4 is 0 Å². The highest BCUT2D eigenvalue weighted by molar-refractivity contribution is 6.04. The van der Waals surface area contributed by atoms with E-state index in [4.69, 9.17) is 14.4 Å². The molecule has 0 unspecified atom stereocenters. The Labute approximate surface area is 201 Å². The number of para-hydroxylation sites is 1. The lowest BCUT2D eigenvalue weighted by molar-refractivity contribution is 0.146. The molecule has 1 aliphatic carbocycles. The smallest absolute Gasteiger partial charge is 0.153 e. The van der Waals surface area contributed by atoms with Crippen LogP contribution >= 0.6 is 0 Å². The van der Waals surface area contributed by atoms with Crippen LogP contribution in [-0.2, 0) is 13.0 Å². The number of aromatic nitrogens is 2. The zero-order valence-electron chi connectivity index (χ0n) is 20.0. The number of likely N-dealkylation sites (tertiary alicyclic amines) is 1. The fourth-order valence-electron chi connectivity index (χ4n) is 5.93. The van der Waals surface area contributed by atoms with Crippen molar-refractivity contribution in [3.8, 4) is 0 Å². The summed E-state index contributed by atoms with van der Waals surface area (Å²) in [5.74, 6) is 0. The van der Waals surface area contributed by atoms with Crippen molar-refractivity contribution in [2.75, 3.05) is 26.2 Å². The number of aryl methyl sites for hydroxylation is 1. The van der Waals surface area contributed by atoms with E-state index in [-0.39, 0.29) is 0 Å². The Hall–Kier alpha value is -2.76. The summed E-state index contributed by atoms with van der Waals surface area (Å²) in [7, 11) is 0. The quantitative estimate of drug-likeness (QED) is 0.336. The van der Waals surface area contributed by atoms with Gasteiger partial charge in [0.05, 0.1) is 23.6 Å². The van der Waals surface area contributed by atoms with Gasteiger partial charge in [0.2, 0.25) is 0 Å². The van der Waals surface area contributed by atoms with Gasteiger partial charge in [0, 0.05) is 30.1 Å². The monoisotopic (exact) mass is 454 g/mol. The second kappa shape index (κ2) is 9.85. The summed E-state index contributed by atoms with van der Waals surface area (Å²) in [5, 5.41) is 2.33. The predicted molar refractivity (Wildman–Crippen MR) is 137 cm³/mol. The Morgan fingerprint density at radius 3 is 2.79 bits per heavy atom. The molecular formula is C29H34N4O. The van der Waals surface area contributed by atoms with Gasteiger partial charge in [-0.15, -0.1) is 0 Å². The highest BCUT2D eigenvalue weighted by Crippen LogP contribution is 2.34. The molecule has 1 atom stereocenters. The Kier molecular flexibility index (Phi) is 6.30. The van der Waals surface area contributed by atoms with Gasteiger partial charge in [-0.05, 0) is 81.9 Å². The van der Waals surface area contributed by atoms with Crippen molar-refractivity contribution in [1.29, 1.82) is 0 Å². The number of hydrogen-bond donors (Lipinski definition) is 0. The highest BCUT2D eigenvalue weighted by atomic mass is 16.3. The first-order valence-corrected chi connectivity index (χ1v) is 13.0. The molecule has 1 aromatic carbocycles. The normalized spacial score (nSPS) is 19.1. The van der Waals surface area contributed by atoms with E-state index in [1.807, 2.05) is 24.5 Å². The summed E-state index contributed by atoms with van der Waals surface area (Å²) in [6, 6.07) is 15.2. The SMILES string of the molecule is c1cnc2c(c1)CCC[C@@H]2N(CCCN1CCCCC1)Cc1cc2c(cn1)oc1ccccc12. The van der Waals surface area contributed by atoms with Gasteiger partial charge >= 0.3 is 0 Å². The molecule has 1 aliphatic heterocycles. The predicted octanol–water partition coefficient (Wildman–Crippen LogP) is 6.13. The minimum absolute atomic E-state index is 0.366. The van der Waals surface area contributed by atoms with E-state index in [0.717, 1.165) is 41.8 Å². The van der Waals surface area contributed by atoms with Crippen molar-refractivity contribution < 1.29 is 4.42 Å². The van der Waals surface area contributed by atoms with Gasteiger partial charge in [-0.3, -0.25) is 14.9 Å². The lowest BCUT2D eigenvalue weighted by atomic mass is 9.90. The largest absolute Gasteiger partial charge is 0.454 e. The summed E-state index contributed by atoms with van der Waals surface area (Å²) in [4.78, 5) is 15.0. The Balaban J connectivity index is 1.27. The third-order valence-corrected chi connectivity index (χ3v) is 7.66. The van der Waals surface area contributed by atoms with E-state index in [9.17, 15) is 0 Å². The molecule has 0 radical (unpaired) electrons. The van der Waals surface area contributed by atoms with Crippen LogP contribution in [0.5, 0.6) is 0 Å². The van der Waals surface area contributed by atoms with Crippen LogP contribution in [-0.4, -0.2) is 45.9 Å². The number of pyridine rings is 2. The Morgan fingerprint density at radius 1 is 0.941 bits per heavy atom. The third kappa shape index (κ3) is 4.47. The van der Waals surface area contributed by atoms with Crippen LogP contribution in [0.1, 0.15) is 61.5 Å². The maximum atomic E-state index is 6.02. The van der Waals surface area contributed by atoms with Crippen LogP contribution in [0.4, 0.5) is 0 Å². The molecule has 0 bridgehead atoms. The number of fused-ring (bicyclic) bond motifs is 4. The average Bonchev–Trinajstić information content (AvgIpc) is 3.26. The standard InChI is InChI=1S/C29H34N4O/c1-4-15-32(16-5-1)17-8-18-33(26-12-6-9-22-10-7-14-30-29(22)26)21-23-19-25-24-11-2-3-13-27(24)34-28(25)20-31-23/h2-3,7,10-11,13-14,19-20,26H,1,4-6,8-9,12,15-18,21H2/t26-/m0/s1. The van der Waals surface area contributed by atoms with Gasteiger partial charge in [-0.2, -0.15) is 0 Å². The van der Waals surface area contributed by atoms with Crippen molar-refractivity contribution in [3.05, 3.63) is 71.8 Å². The first-order valence-electron chi connectivity index (χ1n) is 13.0. The molecule has 4 heterocycles. The van der Waals surface area contributed by atoms with Gasteiger partial charge in [0.1, 0.15) is 5.58 Å². The second-order valence-electron chi connectivity index (χ2n) is 9.95. The van der Waals surface area contributed by atoms with Gasteiger partial charge < -0.3 is 9.32 Å². The molecule has 0 saturated carbocycles. The van der Waals surface area contributed by atoms with Gasteiger partial charge in [-0.1, -0.05) is 30.7 Å². The molecule has 5 heteroatoms. The average molecular weight is 455 g/mol. The van der Waals surface area contributed by atoms with Crippen LogP contribution in [0, 0.1) is 0 Å². The molecule has 6 rings (SSSR count). The lowest BCUT2D eigenvalue weighted by Crippen LogP contribution is -2.36. The molecule has 2 aliphatic rings. The number of nitrogens with zero attached hydrogens (tertiary/aromatic N) is 4. The summed E-state index contributed by atoms with van der Waals surface area (Å²) in [6.07, 6.45) is 12.7. The van der Waals surface area contributed by atoms with Gasteiger partial charge in [-0.25, -0.2) is 0 Å². The molecule has 4 aromatic rings. The van der Waals surface area contributed by atoms with E-state index >= 15 is 0 Å². The molecule has 1 fully saturated rings. The zero-order chi connectivity index (χ0) is 22.7. The van der Waals surface area contributed by atoms with Crippen LogP contribution in [0.25, 0.3) is 21.9 Å². The van der Waals surface area contributed by atoms with Crippen molar-refractivity contribution >= 4 is 21.9 Å². The maximum Gasteiger partial charge on any atom is 0.153 e. The number of furan rings is 1. The topological polar surface area (TPSA) is 45.4 Å². The van der Waals surface area contributed by atoms with E-state index in [2.05, 4.69) is 40.1 Å². The van der Waals surface area contributed by atoms with E-state index in [1.165, 1.54) is 74.8 Å². The summed E-state index contributed by atoms with van der Waals surface area (Å²) in [5.41, 5.74) is 5.61. The second-order valence-corrected chi connectivity index (χ2v) is 9.95. The van der Waals surface area contributed by atoms with Crippen LogP contribution in [0.3, 0.4) is 0 Å². The molecule has 176 valence electrons. The minimum atomic E-state index is 0.366. The first kappa shape index (κ1) is 21.8. The van der Waals surface area contributed by atoms with Crippen molar-refractivity contribution in [2.45, 2.75) is 57.5 Å². The lowest BCUT2D eigenvalue weighted by Gasteiger charge is -2.35. The number of benzene rings is 1. The molecular weight excluding hydrogens is 420 g/mol.